The van der Waals surface area contributed by atoms with Crippen LogP contribution in [0.2, 0.25) is 0 Å². The molecule has 104 valence electrons. The van der Waals surface area contributed by atoms with Crippen molar-refractivity contribution in [2.75, 3.05) is 27.2 Å². The highest BCUT2D eigenvalue weighted by atomic mass is 16.5. The number of ether oxygens (including phenoxy) is 1. The van der Waals surface area contributed by atoms with Gasteiger partial charge in [0.2, 0.25) is 5.91 Å². The molecule has 1 fully saturated rings. The van der Waals surface area contributed by atoms with Gasteiger partial charge < -0.3 is 15.0 Å². The zero-order valence-electron chi connectivity index (χ0n) is 11.7. The summed E-state index contributed by atoms with van der Waals surface area (Å²) >= 11 is 0. The Labute approximate surface area is 114 Å². The fraction of sp³-hybridized carbons (Fsp3) is 0.533. The van der Waals surface area contributed by atoms with E-state index in [1.807, 2.05) is 30.1 Å². The van der Waals surface area contributed by atoms with Crippen LogP contribution in [-0.4, -0.2) is 38.1 Å². The number of rotatable bonds is 5. The average molecular weight is 262 g/mol. The minimum atomic E-state index is 0.167. The van der Waals surface area contributed by atoms with Gasteiger partial charge in [-0.05, 0) is 26.0 Å². The molecular weight excluding hydrogens is 240 g/mol. The average Bonchev–Trinajstić information content (AvgIpc) is 2.94. The first-order chi connectivity index (χ1) is 9.27. The van der Waals surface area contributed by atoms with Crippen LogP contribution in [0, 0.1) is 0 Å². The zero-order chi connectivity index (χ0) is 13.7. The second-order valence-electron chi connectivity index (χ2n) is 4.84. The Morgan fingerprint density at radius 2 is 2.26 bits per heavy atom. The van der Waals surface area contributed by atoms with Gasteiger partial charge in [-0.25, -0.2) is 0 Å². The van der Waals surface area contributed by atoms with Gasteiger partial charge in [0, 0.05) is 25.1 Å². The molecule has 4 heteroatoms. The van der Waals surface area contributed by atoms with Crippen LogP contribution in [-0.2, 0) is 4.79 Å². The maximum atomic E-state index is 12.2. The number of nitrogens with zero attached hydrogens (tertiary/aromatic N) is 1. The van der Waals surface area contributed by atoms with Gasteiger partial charge >= 0.3 is 0 Å². The maximum Gasteiger partial charge on any atom is 0.224 e. The van der Waals surface area contributed by atoms with Gasteiger partial charge in [-0.3, -0.25) is 4.79 Å². The third kappa shape index (κ3) is 3.07. The van der Waals surface area contributed by atoms with Gasteiger partial charge in [0.1, 0.15) is 5.75 Å². The molecular formula is C15H22N2O2. The van der Waals surface area contributed by atoms with Gasteiger partial charge in [-0.2, -0.15) is 0 Å². The van der Waals surface area contributed by atoms with Crippen LogP contribution in [0.15, 0.2) is 24.3 Å². The highest BCUT2D eigenvalue weighted by molar-refractivity contribution is 5.77. The van der Waals surface area contributed by atoms with Crippen molar-refractivity contribution in [3.63, 3.8) is 0 Å². The number of carbonyl (C=O) groups is 1. The van der Waals surface area contributed by atoms with Gasteiger partial charge in [0.15, 0.2) is 0 Å². The van der Waals surface area contributed by atoms with Crippen molar-refractivity contribution in [2.24, 2.45) is 0 Å². The molecule has 19 heavy (non-hydrogen) atoms. The summed E-state index contributed by atoms with van der Waals surface area (Å²) in [5.41, 5.74) is 1.13. The standard InChI is InChI=1S/C15H22N2O2/c1-16-10-9-15(18)17-11-5-7-13(17)12-6-3-4-8-14(12)19-2/h3-4,6,8,13,16H,5,7,9-11H2,1-2H3. The molecule has 0 bridgehead atoms. The Morgan fingerprint density at radius 1 is 1.47 bits per heavy atom. The summed E-state index contributed by atoms with van der Waals surface area (Å²) < 4.78 is 5.42. The van der Waals surface area contributed by atoms with Crippen LogP contribution >= 0.6 is 0 Å². The van der Waals surface area contributed by atoms with Crippen molar-refractivity contribution in [2.45, 2.75) is 25.3 Å². The zero-order valence-corrected chi connectivity index (χ0v) is 11.7. The van der Waals surface area contributed by atoms with Crippen molar-refractivity contribution in [3.05, 3.63) is 29.8 Å². The van der Waals surface area contributed by atoms with Crippen molar-refractivity contribution < 1.29 is 9.53 Å². The fourth-order valence-electron chi connectivity index (χ4n) is 2.71. The van der Waals surface area contributed by atoms with Crippen LogP contribution in [0.25, 0.3) is 0 Å². The van der Waals surface area contributed by atoms with Crippen LogP contribution in [0.4, 0.5) is 0 Å². The first kappa shape index (κ1) is 13.9. The van der Waals surface area contributed by atoms with E-state index in [4.69, 9.17) is 4.74 Å². The number of carbonyl (C=O) groups excluding carboxylic acids is 1. The number of nitrogens with one attached hydrogen (secondary N) is 1. The molecule has 0 saturated carbocycles. The molecule has 1 aromatic carbocycles. The van der Waals surface area contributed by atoms with E-state index in [0.717, 1.165) is 37.2 Å². The van der Waals surface area contributed by atoms with E-state index in [1.54, 1.807) is 7.11 Å². The van der Waals surface area contributed by atoms with Gasteiger partial charge in [0.25, 0.3) is 0 Å². The molecule has 1 aromatic rings. The lowest BCUT2D eigenvalue weighted by Gasteiger charge is -2.26. The number of methoxy groups -OCH3 is 1. The maximum absolute atomic E-state index is 12.2. The van der Waals surface area contributed by atoms with E-state index in [1.165, 1.54) is 0 Å². The molecule has 1 aliphatic rings. The van der Waals surface area contributed by atoms with Gasteiger partial charge in [0.05, 0.1) is 13.2 Å². The minimum Gasteiger partial charge on any atom is -0.496 e. The highest BCUT2D eigenvalue weighted by Crippen LogP contribution is 2.37. The third-order valence-electron chi connectivity index (χ3n) is 3.66. The number of hydrogen-bond donors (Lipinski definition) is 1. The second kappa shape index (κ2) is 6.57. The minimum absolute atomic E-state index is 0.167. The van der Waals surface area contributed by atoms with Crippen molar-refractivity contribution in [3.8, 4) is 5.75 Å². The lowest BCUT2D eigenvalue weighted by atomic mass is 10.0. The quantitative estimate of drug-likeness (QED) is 0.882. The molecule has 4 nitrogen and oxygen atoms in total. The van der Waals surface area contributed by atoms with E-state index >= 15 is 0 Å². The van der Waals surface area contributed by atoms with E-state index in [0.29, 0.717) is 6.42 Å². The molecule has 0 aromatic heterocycles. The monoisotopic (exact) mass is 262 g/mol. The van der Waals surface area contributed by atoms with Crippen LogP contribution in [0.3, 0.4) is 0 Å². The molecule has 0 aliphatic carbocycles. The first-order valence-electron chi connectivity index (χ1n) is 6.85. The van der Waals surface area contributed by atoms with Crippen molar-refractivity contribution >= 4 is 5.91 Å². The molecule has 1 saturated heterocycles. The number of amides is 1. The SMILES string of the molecule is CNCCC(=O)N1CCCC1c1ccccc1OC. The summed E-state index contributed by atoms with van der Waals surface area (Å²) in [6, 6.07) is 8.16. The molecule has 1 unspecified atom stereocenters. The van der Waals surface area contributed by atoms with Gasteiger partial charge in [-0.1, -0.05) is 18.2 Å². The number of likely N-dealkylation sites (tertiary alicyclic amines) is 1. The summed E-state index contributed by atoms with van der Waals surface area (Å²) in [5, 5.41) is 3.03. The summed E-state index contributed by atoms with van der Waals surface area (Å²) in [6.07, 6.45) is 2.64. The summed E-state index contributed by atoms with van der Waals surface area (Å²) in [5.74, 6) is 1.10. The Morgan fingerprint density at radius 3 is 3.00 bits per heavy atom. The lowest BCUT2D eigenvalue weighted by molar-refractivity contribution is -0.132. The molecule has 2 rings (SSSR count). The Hall–Kier alpha value is -1.55. The fourth-order valence-corrected chi connectivity index (χ4v) is 2.71. The van der Waals surface area contributed by atoms with Crippen LogP contribution in [0.5, 0.6) is 5.75 Å². The topological polar surface area (TPSA) is 41.6 Å². The van der Waals surface area contributed by atoms with E-state index in [9.17, 15) is 4.79 Å². The number of benzene rings is 1. The Bertz CT molecular complexity index is 434. The molecule has 0 radical (unpaired) electrons. The van der Waals surface area contributed by atoms with E-state index in [2.05, 4.69) is 11.4 Å². The summed E-state index contributed by atoms with van der Waals surface area (Å²) in [6.45, 7) is 1.58. The molecule has 0 spiro atoms. The first-order valence-corrected chi connectivity index (χ1v) is 6.85. The summed E-state index contributed by atoms with van der Waals surface area (Å²) in [7, 11) is 3.55. The van der Waals surface area contributed by atoms with Gasteiger partial charge in [-0.15, -0.1) is 0 Å². The smallest absolute Gasteiger partial charge is 0.224 e. The molecule has 1 amide bonds. The molecule has 1 N–H and O–H groups in total. The van der Waals surface area contributed by atoms with Crippen LogP contribution in [0.1, 0.15) is 30.9 Å². The Kier molecular flexibility index (Phi) is 4.80. The number of hydrogen-bond acceptors (Lipinski definition) is 3. The Balaban J connectivity index is 2.16. The molecule has 1 aliphatic heterocycles. The van der Waals surface area contributed by atoms with E-state index in [-0.39, 0.29) is 11.9 Å². The van der Waals surface area contributed by atoms with Crippen molar-refractivity contribution in [1.29, 1.82) is 0 Å². The largest absolute Gasteiger partial charge is 0.496 e. The second-order valence-corrected chi connectivity index (χ2v) is 4.84. The predicted molar refractivity (Wildman–Crippen MR) is 75.2 cm³/mol. The predicted octanol–water partition coefficient (Wildman–Crippen LogP) is 1.97. The van der Waals surface area contributed by atoms with Crippen molar-refractivity contribution in [1.82, 2.24) is 10.2 Å². The van der Waals surface area contributed by atoms with Crippen LogP contribution < -0.4 is 10.1 Å². The highest BCUT2D eigenvalue weighted by Gasteiger charge is 2.31. The number of para-hydroxylation sites is 1. The summed E-state index contributed by atoms with van der Waals surface area (Å²) in [4.78, 5) is 14.2. The molecule has 1 heterocycles. The molecule has 1 atom stereocenters. The third-order valence-corrected chi connectivity index (χ3v) is 3.66. The van der Waals surface area contributed by atoms with E-state index < -0.39 is 0 Å². The normalized spacial score (nSPS) is 18.6. The lowest BCUT2D eigenvalue weighted by Crippen LogP contribution is -2.32.